The Morgan fingerprint density at radius 2 is 1.81 bits per heavy atom. The molecule has 7 heteroatoms. The lowest BCUT2D eigenvalue weighted by atomic mass is 10.1. The van der Waals surface area contributed by atoms with E-state index >= 15 is 0 Å². The van der Waals surface area contributed by atoms with E-state index in [9.17, 15) is 13.2 Å². The number of nitrogens with zero attached hydrogens (tertiary/aromatic N) is 1. The standard InChI is InChI=1S/C19H24N2O4S/c1-14-12-17(26(23,24)21(3)4)10-11-18(14)25-13-19(22)20-15(2)16-8-6-5-7-9-16/h5-12,15H,13H2,1-4H3,(H,20,22)/t15-/m0/s1. The van der Waals surface area contributed by atoms with E-state index in [1.165, 1.54) is 26.2 Å². The Hall–Kier alpha value is -2.38. The summed E-state index contributed by atoms with van der Waals surface area (Å²) in [6.45, 7) is 3.51. The molecule has 26 heavy (non-hydrogen) atoms. The maximum absolute atomic E-state index is 12.1. The van der Waals surface area contributed by atoms with Gasteiger partial charge < -0.3 is 10.1 Å². The van der Waals surface area contributed by atoms with Crippen molar-refractivity contribution < 1.29 is 17.9 Å². The minimum Gasteiger partial charge on any atom is -0.484 e. The average Bonchev–Trinajstić information content (AvgIpc) is 2.61. The normalized spacial score (nSPS) is 12.7. The molecule has 0 aromatic heterocycles. The van der Waals surface area contributed by atoms with Crippen LogP contribution in [0.1, 0.15) is 24.1 Å². The highest BCUT2D eigenvalue weighted by atomic mass is 32.2. The number of ether oxygens (including phenoxy) is 1. The van der Waals surface area contributed by atoms with E-state index in [0.717, 1.165) is 9.87 Å². The number of carbonyl (C=O) groups excluding carboxylic acids is 1. The van der Waals surface area contributed by atoms with Gasteiger partial charge in [0.2, 0.25) is 10.0 Å². The molecule has 0 radical (unpaired) electrons. The van der Waals surface area contributed by atoms with E-state index in [1.54, 1.807) is 13.0 Å². The summed E-state index contributed by atoms with van der Waals surface area (Å²) in [6.07, 6.45) is 0. The number of aryl methyl sites for hydroxylation is 1. The predicted molar refractivity (Wildman–Crippen MR) is 101 cm³/mol. The number of nitrogens with one attached hydrogen (secondary N) is 1. The Bertz CT molecular complexity index is 864. The molecule has 0 saturated heterocycles. The fourth-order valence-electron chi connectivity index (χ4n) is 2.41. The molecule has 0 aliphatic rings. The number of hydrogen-bond acceptors (Lipinski definition) is 4. The minimum atomic E-state index is -3.50. The zero-order valence-electron chi connectivity index (χ0n) is 15.4. The molecule has 0 aliphatic carbocycles. The first-order valence-electron chi connectivity index (χ1n) is 8.22. The lowest BCUT2D eigenvalue weighted by Crippen LogP contribution is -2.31. The lowest BCUT2D eigenvalue weighted by molar-refractivity contribution is -0.123. The molecule has 1 N–H and O–H groups in total. The largest absolute Gasteiger partial charge is 0.484 e. The van der Waals surface area contributed by atoms with Crippen molar-refractivity contribution in [2.24, 2.45) is 0 Å². The smallest absolute Gasteiger partial charge is 0.258 e. The number of benzene rings is 2. The van der Waals surface area contributed by atoms with Gasteiger partial charge in [0.15, 0.2) is 6.61 Å². The van der Waals surface area contributed by atoms with Crippen molar-refractivity contribution >= 4 is 15.9 Å². The van der Waals surface area contributed by atoms with Gasteiger partial charge in [0.25, 0.3) is 5.91 Å². The molecule has 0 spiro atoms. The zero-order valence-corrected chi connectivity index (χ0v) is 16.2. The van der Waals surface area contributed by atoms with Crippen LogP contribution in [0.4, 0.5) is 0 Å². The Labute approximate surface area is 154 Å². The Morgan fingerprint density at radius 3 is 2.38 bits per heavy atom. The second-order valence-corrected chi connectivity index (χ2v) is 8.36. The predicted octanol–water partition coefficient (Wildman–Crippen LogP) is 2.50. The van der Waals surface area contributed by atoms with E-state index in [-0.39, 0.29) is 23.5 Å². The van der Waals surface area contributed by atoms with Gasteiger partial charge in [-0.05, 0) is 43.2 Å². The molecule has 1 amide bonds. The van der Waals surface area contributed by atoms with Crippen LogP contribution in [0.2, 0.25) is 0 Å². The summed E-state index contributed by atoms with van der Waals surface area (Å²) in [5.41, 5.74) is 1.66. The molecule has 6 nitrogen and oxygen atoms in total. The average molecular weight is 376 g/mol. The van der Waals surface area contributed by atoms with Crippen molar-refractivity contribution in [1.29, 1.82) is 0 Å². The van der Waals surface area contributed by atoms with Crippen LogP contribution in [0.25, 0.3) is 0 Å². The third kappa shape index (κ3) is 4.83. The van der Waals surface area contributed by atoms with Gasteiger partial charge >= 0.3 is 0 Å². The summed E-state index contributed by atoms with van der Waals surface area (Å²) in [4.78, 5) is 12.3. The number of amides is 1. The summed E-state index contributed by atoms with van der Waals surface area (Å²) >= 11 is 0. The van der Waals surface area contributed by atoms with Crippen LogP contribution in [-0.2, 0) is 14.8 Å². The van der Waals surface area contributed by atoms with Crippen LogP contribution in [-0.4, -0.2) is 39.3 Å². The quantitative estimate of drug-likeness (QED) is 0.806. The zero-order chi connectivity index (χ0) is 19.3. The van der Waals surface area contributed by atoms with Crippen molar-refractivity contribution in [1.82, 2.24) is 9.62 Å². The van der Waals surface area contributed by atoms with Crippen molar-refractivity contribution in [2.45, 2.75) is 24.8 Å². The van der Waals surface area contributed by atoms with Crippen molar-refractivity contribution in [3.63, 3.8) is 0 Å². The van der Waals surface area contributed by atoms with Crippen molar-refractivity contribution in [3.8, 4) is 5.75 Å². The van der Waals surface area contributed by atoms with Gasteiger partial charge in [-0.2, -0.15) is 0 Å². The maximum atomic E-state index is 12.1. The van der Waals surface area contributed by atoms with Crippen LogP contribution in [0, 0.1) is 6.92 Å². The highest BCUT2D eigenvalue weighted by Gasteiger charge is 2.18. The molecule has 2 aromatic carbocycles. The second kappa shape index (κ2) is 8.33. The monoisotopic (exact) mass is 376 g/mol. The van der Waals surface area contributed by atoms with Gasteiger partial charge in [-0.3, -0.25) is 4.79 Å². The molecular weight excluding hydrogens is 352 g/mol. The summed E-state index contributed by atoms with van der Waals surface area (Å²) in [7, 11) is -0.537. The first-order chi connectivity index (χ1) is 12.2. The Balaban J connectivity index is 1.98. The van der Waals surface area contributed by atoms with Gasteiger partial charge in [0, 0.05) is 14.1 Å². The molecule has 2 rings (SSSR count). The molecule has 0 saturated carbocycles. The van der Waals surface area contributed by atoms with Crippen molar-refractivity contribution in [2.75, 3.05) is 20.7 Å². The molecule has 1 atom stereocenters. The first-order valence-corrected chi connectivity index (χ1v) is 9.66. The van der Waals surface area contributed by atoms with Crippen LogP contribution >= 0.6 is 0 Å². The number of carbonyl (C=O) groups is 1. The van der Waals surface area contributed by atoms with E-state index in [4.69, 9.17) is 4.74 Å². The van der Waals surface area contributed by atoms with E-state index < -0.39 is 10.0 Å². The van der Waals surface area contributed by atoms with E-state index in [1.807, 2.05) is 37.3 Å². The summed E-state index contributed by atoms with van der Waals surface area (Å²) in [5, 5.41) is 2.87. The van der Waals surface area contributed by atoms with Crippen LogP contribution in [0.3, 0.4) is 0 Å². The van der Waals surface area contributed by atoms with E-state index in [2.05, 4.69) is 5.32 Å². The van der Waals surface area contributed by atoms with Gasteiger partial charge in [-0.25, -0.2) is 12.7 Å². The number of hydrogen-bond donors (Lipinski definition) is 1. The molecule has 140 valence electrons. The fourth-order valence-corrected chi connectivity index (χ4v) is 3.39. The Morgan fingerprint density at radius 1 is 1.15 bits per heavy atom. The highest BCUT2D eigenvalue weighted by Crippen LogP contribution is 2.23. The maximum Gasteiger partial charge on any atom is 0.258 e. The molecule has 0 heterocycles. The second-order valence-electron chi connectivity index (χ2n) is 6.20. The topological polar surface area (TPSA) is 75.7 Å². The number of rotatable bonds is 7. The third-order valence-electron chi connectivity index (χ3n) is 3.96. The summed E-state index contributed by atoms with van der Waals surface area (Å²) < 4.78 is 31.0. The van der Waals surface area contributed by atoms with E-state index in [0.29, 0.717) is 11.3 Å². The summed E-state index contributed by atoms with van der Waals surface area (Å²) in [5.74, 6) is 0.232. The molecule has 0 fully saturated rings. The molecule has 0 bridgehead atoms. The molecule has 0 aliphatic heterocycles. The van der Waals surface area contributed by atoms with Crippen LogP contribution in [0.15, 0.2) is 53.4 Å². The number of sulfonamides is 1. The highest BCUT2D eigenvalue weighted by molar-refractivity contribution is 7.89. The molecule has 0 unspecified atom stereocenters. The fraction of sp³-hybridized carbons (Fsp3) is 0.316. The molecular formula is C19H24N2O4S. The van der Waals surface area contributed by atoms with Gasteiger partial charge in [-0.15, -0.1) is 0 Å². The molecule has 2 aromatic rings. The van der Waals surface area contributed by atoms with Gasteiger partial charge in [-0.1, -0.05) is 30.3 Å². The van der Waals surface area contributed by atoms with Crippen LogP contribution in [0.5, 0.6) is 5.75 Å². The lowest BCUT2D eigenvalue weighted by Gasteiger charge is -2.16. The SMILES string of the molecule is Cc1cc(S(=O)(=O)N(C)C)ccc1OCC(=O)N[C@@H](C)c1ccccc1. The first kappa shape index (κ1) is 19.9. The van der Waals surface area contributed by atoms with Crippen molar-refractivity contribution in [3.05, 3.63) is 59.7 Å². The minimum absolute atomic E-state index is 0.124. The van der Waals surface area contributed by atoms with Gasteiger partial charge in [0.05, 0.1) is 10.9 Å². The third-order valence-corrected chi connectivity index (χ3v) is 5.77. The summed E-state index contributed by atoms with van der Waals surface area (Å²) in [6, 6.07) is 14.1. The van der Waals surface area contributed by atoms with Crippen LogP contribution < -0.4 is 10.1 Å². The Kier molecular flexibility index (Phi) is 6.39. The van der Waals surface area contributed by atoms with Gasteiger partial charge in [0.1, 0.15) is 5.75 Å².